The number of hydrogen-bond acceptors (Lipinski definition) is 5. The molecule has 4 rings (SSSR count). The maximum absolute atomic E-state index is 12.6. The monoisotopic (exact) mass is 431 g/mol. The molecule has 1 aliphatic rings. The zero-order chi connectivity index (χ0) is 22.0. The van der Waals surface area contributed by atoms with E-state index in [4.69, 9.17) is 4.74 Å². The van der Waals surface area contributed by atoms with Crippen molar-refractivity contribution in [1.29, 1.82) is 0 Å². The van der Waals surface area contributed by atoms with Crippen LogP contribution >= 0.6 is 0 Å². The Bertz CT molecular complexity index is 1010. The lowest BCUT2D eigenvalue weighted by atomic mass is 10.0. The molecule has 1 atom stereocenters. The summed E-state index contributed by atoms with van der Waals surface area (Å²) in [6.45, 7) is 5.99. The maximum atomic E-state index is 12.6. The predicted molar refractivity (Wildman–Crippen MR) is 110 cm³/mol. The Morgan fingerprint density at radius 1 is 1.10 bits per heavy atom. The van der Waals surface area contributed by atoms with E-state index in [1.807, 2.05) is 26.0 Å². The van der Waals surface area contributed by atoms with Crippen LogP contribution in [0.2, 0.25) is 0 Å². The summed E-state index contributed by atoms with van der Waals surface area (Å²) in [7, 11) is 0. The molecule has 3 aromatic rings. The largest absolute Gasteiger partial charge is 0.493 e. The maximum Gasteiger partial charge on any atom is 0.416 e. The van der Waals surface area contributed by atoms with Gasteiger partial charge >= 0.3 is 6.18 Å². The van der Waals surface area contributed by atoms with Crippen LogP contribution in [0, 0.1) is 13.8 Å². The second-order valence-electron chi connectivity index (χ2n) is 7.82. The number of hydrogen-bond donors (Lipinski definition) is 1. The van der Waals surface area contributed by atoms with Crippen LogP contribution in [0.25, 0.3) is 0 Å². The number of aryl methyl sites for hydroxylation is 2. The molecule has 0 bridgehead atoms. The van der Waals surface area contributed by atoms with Gasteiger partial charge in [-0.2, -0.15) is 18.3 Å². The molecule has 3 heterocycles. The number of H-pyrrole nitrogens is 1. The lowest BCUT2D eigenvalue weighted by Crippen LogP contribution is -2.22. The van der Waals surface area contributed by atoms with E-state index in [1.54, 1.807) is 0 Å². The van der Waals surface area contributed by atoms with Gasteiger partial charge in [-0.15, -0.1) is 0 Å². The van der Waals surface area contributed by atoms with E-state index in [-0.39, 0.29) is 0 Å². The van der Waals surface area contributed by atoms with Gasteiger partial charge in [0.15, 0.2) is 0 Å². The first-order valence-corrected chi connectivity index (χ1v) is 10.2. The van der Waals surface area contributed by atoms with Crippen molar-refractivity contribution >= 4 is 5.95 Å². The summed E-state index contributed by atoms with van der Waals surface area (Å²) in [4.78, 5) is 11.3. The Hall–Kier alpha value is -3.10. The molecule has 9 heteroatoms. The Morgan fingerprint density at radius 2 is 1.81 bits per heavy atom. The summed E-state index contributed by atoms with van der Waals surface area (Å²) in [6, 6.07) is 8.72. The molecule has 1 N–H and O–H groups in total. The fourth-order valence-electron chi connectivity index (χ4n) is 3.77. The molecule has 0 amide bonds. The van der Waals surface area contributed by atoms with Crippen LogP contribution in [0.15, 0.2) is 36.4 Å². The number of nitrogens with one attached hydrogen (secondary N) is 1. The highest BCUT2D eigenvalue weighted by Gasteiger charge is 2.30. The molecule has 1 fully saturated rings. The molecule has 164 valence electrons. The minimum Gasteiger partial charge on any atom is -0.493 e. The number of ether oxygens (including phenoxy) is 1. The van der Waals surface area contributed by atoms with Crippen molar-refractivity contribution in [2.24, 2.45) is 0 Å². The van der Waals surface area contributed by atoms with Crippen molar-refractivity contribution in [3.05, 3.63) is 64.7 Å². The van der Waals surface area contributed by atoms with Crippen LogP contribution in [0.1, 0.15) is 40.7 Å². The summed E-state index contributed by atoms with van der Waals surface area (Å²) in [5.74, 6) is 1.47. The number of benzene rings is 1. The molecule has 31 heavy (non-hydrogen) atoms. The topological polar surface area (TPSA) is 66.9 Å². The number of alkyl halides is 3. The molecule has 1 saturated heterocycles. The molecule has 0 spiro atoms. The Morgan fingerprint density at radius 3 is 2.48 bits per heavy atom. The highest BCUT2D eigenvalue weighted by Crippen LogP contribution is 2.31. The Balaban J connectivity index is 1.30. The molecule has 1 aliphatic heterocycles. The van der Waals surface area contributed by atoms with Gasteiger partial charge in [-0.05, 0) is 56.7 Å². The van der Waals surface area contributed by atoms with Crippen LogP contribution in [0.5, 0.6) is 5.75 Å². The third kappa shape index (κ3) is 5.15. The molecule has 6 nitrogen and oxygen atoms in total. The van der Waals surface area contributed by atoms with Gasteiger partial charge in [0.1, 0.15) is 5.75 Å². The van der Waals surface area contributed by atoms with Gasteiger partial charge in [-0.25, -0.2) is 9.97 Å². The summed E-state index contributed by atoms with van der Waals surface area (Å²) in [6.07, 6.45) is -2.78. The average molecular weight is 431 g/mol. The van der Waals surface area contributed by atoms with Gasteiger partial charge in [0.05, 0.1) is 17.9 Å². The molecular weight excluding hydrogens is 407 g/mol. The quantitative estimate of drug-likeness (QED) is 0.625. The summed E-state index contributed by atoms with van der Waals surface area (Å²) >= 11 is 0. The lowest BCUT2D eigenvalue weighted by Gasteiger charge is -2.16. The fourth-order valence-corrected chi connectivity index (χ4v) is 3.77. The molecule has 0 saturated carbocycles. The van der Waals surface area contributed by atoms with Crippen molar-refractivity contribution < 1.29 is 17.9 Å². The molecule has 0 radical (unpaired) electrons. The van der Waals surface area contributed by atoms with Gasteiger partial charge in [-0.1, -0.05) is 0 Å². The summed E-state index contributed by atoms with van der Waals surface area (Å²) in [5, 5.41) is 7.49. The normalized spacial score (nSPS) is 16.7. The van der Waals surface area contributed by atoms with Crippen LogP contribution in [0.3, 0.4) is 0 Å². The number of rotatable bonds is 6. The van der Waals surface area contributed by atoms with Gasteiger partial charge in [-0.3, -0.25) is 5.10 Å². The van der Waals surface area contributed by atoms with Crippen molar-refractivity contribution in [2.45, 2.75) is 38.8 Å². The van der Waals surface area contributed by atoms with E-state index in [0.717, 1.165) is 60.4 Å². The molecule has 1 aromatic carbocycles. The molecule has 0 aliphatic carbocycles. The van der Waals surface area contributed by atoms with E-state index < -0.39 is 11.7 Å². The number of aromatic amines is 1. The smallest absolute Gasteiger partial charge is 0.416 e. The lowest BCUT2D eigenvalue weighted by molar-refractivity contribution is -0.137. The SMILES string of the molecule is Cc1cc(C)nc(N2CC[C@@H](c3cc(CCOc4ccc(C(F)(F)F)cc4)[nH]n3)C2)n1. The minimum absolute atomic E-state index is 0.297. The van der Waals surface area contributed by atoms with Crippen molar-refractivity contribution in [3.63, 3.8) is 0 Å². The first kappa shape index (κ1) is 21.1. The van der Waals surface area contributed by atoms with Gasteiger partial charge in [0.2, 0.25) is 5.95 Å². The van der Waals surface area contributed by atoms with E-state index in [9.17, 15) is 13.2 Å². The summed E-state index contributed by atoms with van der Waals surface area (Å²) < 4.78 is 43.4. The van der Waals surface area contributed by atoms with Gasteiger partial charge in [0.25, 0.3) is 0 Å². The third-order valence-electron chi connectivity index (χ3n) is 5.33. The van der Waals surface area contributed by atoms with Crippen molar-refractivity contribution in [2.75, 3.05) is 24.6 Å². The third-order valence-corrected chi connectivity index (χ3v) is 5.33. The van der Waals surface area contributed by atoms with E-state index in [2.05, 4.69) is 25.1 Å². The average Bonchev–Trinajstić information content (AvgIpc) is 3.36. The zero-order valence-corrected chi connectivity index (χ0v) is 17.4. The van der Waals surface area contributed by atoms with Crippen LogP contribution in [0.4, 0.5) is 19.1 Å². The highest BCUT2D eigenvalue weighted by atomic mass is 19.4. The first-order valence-electron chi connectivity index (χ1n) is 10.2. The van der Waals surface area contributed by atoms with Crippen LogP contribution in [-0.2, 0) is 12.6 Å². The van der Waals surface area contributed by atoms with Crippen molar-refractivity contribution in [3.8, 4) is 5.75 Å². The zero-order valence-electron chi connectivity index (χ0n) is 17.4. The summed E-state index contributed by atoms with van der Waals surface area (Å²) in [5.41, 5.74) is 3.16. The number of halogens is 3. The van der Waals surface area contributed by atoms with E-state index >= 15 is 0 Å². The first-order chi connectivity index (χ1) is 14.8. The Labute approximate surface area is 178 Å². The Kier molecular flexibility index (Phi) is 5.84. The second kappa shape index (κ2) is 8.56. The number of aromatic nitrogens is 4. The van der Waals surface area contributed by atoms with Crippen molar-refractivity contribution in [1.82, 2.24) is 20.2 Å². The number of anilines is 1. The van der Waals surface area contributed by atoms with Gasteiger partial charge in [0, 0.05) is 42.5 Å². The molecular formula is C22H24F3N5O. The van der Waals surface area contributed by atoms with Crippen LogP contribution < -0.4 is 9.64 Å². The van der Waals surface area contributed by atoms with Crippen LogP contribution in [-0.4, -0.2) is 39.9 Å². The fraction of sp³-hybridized carbons (Fsp3) is 0.409. The predicted octanol–water partition coefficient (Wildman–Crippen LogP) is 4.45. The highest BCUT2D eigenvalue weighted by molar-refractivity contribution is 5.36. The minimum atomic E-state index is -4.34. The molecule has 2 aromatic heterocycles. The standard InChI is InChI=1S/C22H24F3N5O/c1-14-11-15(2)27-21(26-14)30-9-7-16(13-30)20-12-18(28-29-20)8-10-31-19-5-3-17(4-6-19)22(23,24)25/h3-6,11-12,16H,7-10,13H2,1-2H3,(H,28,29)/t16-/m1/s1. The van der Waals surface area contributed by atoms with Gasteiger partial charge < -0.3 is 9.64 Å². The molecule has 0 unspecified atom stereocenters. The van der Waals surface area contributed by atoms with E-state index in [0.29, 0.717) is 24.7 Å². The van der Waals surface area contributed by atoms with E-state index in [1.165, 1.54) is 12.1 Å². The number of nitrogens with zero attached hydrogens (tertiary/aromatic N) is 4. The second-order valence-corrected chi connectivity index (χ2v) is 7.82.